The number of carbonyl (C=O) groups is 1. The number of benzene rings is 2. The van der Waals surface area contributed by atoms with E-state index in [0.717, 1.165) is 11.3 Å². The van der Waals surface area contributed by atoms with Crippen LogP contribution in [0.1, 0.15) is 44.0 Å². The van der Waals surface area contributed by atoms with Crippen LogP contribution in [0.5, 0.6) is 0 Å². The molecule has 0 aliphatic rings. The second kappa shape index (κ2) is 7.74. The van der Waals surface area contributed by atoms with E-state index in [9.17, 15) is 4.79 Å². The van der Waals surface area contributed by atoms with Crippen LogP contribution in [-0.2, 0) is 4.79 Å². The van der Waals surface area contributed by atoms with Crippen molar-refractivity contribution in [2.75, 3.05) is 5.32 Å². The van der Waals surface area contributed by atoms with Crippen molar-refractivity contribution in [1.82, 2.24) is 5.32 Å². The molecule has 0 aromatic heterocycles. The minimum absolute atomic E-state index is 0.0509. The smallest absolute Gasteiger partial charge is 0.221 e. The van der Waals surface area contributed by atoms with Crippen molar-refractivity contribution in [1.29, 1.82) is 0 Å². The van der Waals surface area contributed by atoms with E-state index >= 15 is 0 Å². The predicted octanol–water partition coefficient (Wildman–Crippen LogP) is 4.66. The predicted molar refractivity (Wildman–Crippen MR) is 99.9 cm³/mol. The molecule has 2 aromatic carbocycles. The van der Waals surface area contributed by atoms with Gasteiger partial charge in [-0.2, -0.15) is 0 Å². The van der Waals surface area contributed by atoms with E-state index in [2.05, 4.69) is 77.4 Å². The molecule has 0 radical (unpaired) electrons. The zero-order valence-corrected chi connectivity index (χ0v) is 15.2. The topological polar surface area (TPSA) is 41.1 Å². The summed E-state index contributed by atoms with van der Waals surface area (Å²) in [5.74, 6) is -0.0509. The third-order valence-corrected chi connectivity index (χ3v) is 4.30. The highest BCUT2D eigenvalue weighted by Gasteiger charge is 2.11. The molecule has 22 heavy (non-hydrogen) atoms. The maximum atomic E-state index is 11.2. The Morgan fingerprint density at radius 3 is 2.27 bits per heavy atom. The van der Waals surface area contributed by atoms with Crippen molar-refractivity contribution < 1.29 is 4.79 Å². The highest BCUT2D eigenvalue weighted by Crippen LogP contribution is 2.22. The molecule has 2 aromatic rings. The van der Waals surface area contributed by atoms with Crippen LogP contribution < -0.4 is 10.6 Å². The molecule has 4 heteroatoms. The first-order chi connectivity index (χ1) is 10.5. The van der Waals surface area contributed by atoms with Crippen molar-refractivity contribution in [3.05, 3.63) is 63.2 Å². The van der Waals surface area contributed by atoms with Crippen molar-refractivity contribution >= 4 is 34.2 Å². The fraction of sp³-hybridized carbons (Fsp3) is 0.278. The number of anilines is 1. The molecule has 2 N–H and O–H groups in total. The van der Waals surface area contributed by atoms with Crippen LogP contribution >= 0.6 is 22.6 Å². The summed E-state index contributed by atoms with van der Waals surface area (Å²) in [6.07, 6.45) is 0. The molecule has 0 aliphatic carbocycles. The van der Waals surface area contributed by atoms with Gasteiger partial charge >= 0.3 is 0 Å². The Labute approximate surface area is 145 Å². The maximum Gasteiger partial charge on any atom is 0.221 e. The summed E-state index contributed by atoms with van der Waals surface area (Å²) in [5.41, 5.74) is 3.26. The minimum atomic E-state index is -0.0509. The molecule has 0 saturated carbocycles. The average Bonchev–Trinajstić information content (AvgIpc) is 2.47. The van der Waals surface area contributed by atoms with Crippen LogP contribution in [0.15, 0.2) is 48.5 Å². The van der Waals surface area contributed by atoms with E-state index in [1.807, 2.05) is 18.2 Å². The normalized spacial score (nSPS) is 13.5. The Balaban J connectivity index is 2.06. The summed E-state index contributed by atoms with van der Waals surface area (Å²) in [6.45, 7) is 5.82. The van der Waals surface area contributed by atoms with Gasteiger partial charge in [0.05, 0.1) is 0 Å². The Morgan fingerprint density at radius 1 is 1.00 bits per heavy atom. The lowest BCUT2D eigenvalue weighted by molar-refractivity contribution is -0.114. The molecule has 2 atom stereocenters. The van der Waals surface area contributed by atoms with Gasteiger partial charge in [0.1, 0.15) is 0 Å². The van der Waals surface area contributed by atoms with Crippen LogP contribution in [0.3, 0.4) is 0 Å². The van der Waals surface area contributed by atoms with Crippen LogP contribution in [0.2, 0.25) is 0 Å². The second-order valence-corrected chi connectivity index (χ2v) is 6.71. The monoisotopic (exact) mass is 408 g/mol. The van der Waals surface area contributed by atoms with Crippen molar-refractivity contribution in [2.45, 2.75) is 32.9 Å². The summed E-state index contributed by atoms with van der Waals surface area (Å²) >= 11 is 2.31. The number of carbonyl (C=O) groups excluding carboxylic acids is 1. The molecule has 0 heterocycles. The van der Waals surface area contributed by atoms with Gasteiger partial charge in [0, 0.05) is 28.3 Å². The Morgan fingerprint density at radius 2 is 1.64 bits per heavy atom. The first-order valence-electron chi connectivity index (χ1n) is 7.35. The zero-order valence-electron chi connectivity index (χ0n) is 13.1. The lowest BCUT2D eigenvalue weighted by atomic mass is 10.0. The third kappa shape index (κ3) is 4.81. The van der Waals surface area contributed by atoms with Gasteiger partial charge in [0.2, 0.25) is 5.91 Å². The number of hydrogen-bond donors (Lipinski definition) is 2. The van der Waals surface area contributed by atoms with Crippen LogP contribution in [0.4, 0.5) is 5.69 Å². The molecule has 0 bridgehead atoms. The molecule has 116 valence electrons. The Bertz CT molecular complexity index is 640. The molecule has 2 rings (SSSR count). The highest BCUT2D eigenvalue weighted by atomic mass is 127. The SMILES string of the molecule is CC(=O)Nc1cccc(C(C)NC(C)c2ccc(I)cc2)c1. The van der Waals surface area contributed by atoms with E-state index < -0.39 is 0 Å². The third-order valence-electron chi connectivity index (χ3n) is 3.58. The fourth-order valence-electron chi connectivity index (χ4n) is 2.41. The number of rotatable bonds is 5. The summed E-state index contributed by atoms with van der Waals surface area (Å²) in [5, 5.41) is 6.42. The zero-order chi connectivity index (χ0) is 16.1. The van der Waals surface area contributed by atoms with Crippen LogP contribution in [0, 0.1) is 3.57 Å². The fourth-order valence-corrected chi connectivity index (χ4v) is 2.77. The Hall–Kier alpha value is -1.40. The van der Waals surface area contributed by atoms with E-state index in [4.69, 9.17) is 0 Å². The highest BCUT2D eigenvalue weighted by molar-refractivity contribution is 14.1. The summed E-state index contributed by atoms with van der Waals surface area (Å²) in [7, 11) is 0. The van der Waals surface area contributed by atoms with Gasteiger partial charge in [-0.15, -0.1) is 0 Å². The van der Waals surface area contributed by atoms with Gasteiger partial charge < -0.3 is 10.6 Å². The molecule has 1 amide bonds. The number of halogens is 1. The lowest BCUT2D eigenvalue weighted by Crippen LogP contribution is -2.22. The summed E-state index contributed by atoms with van der Waals surface area (Å²) < 4.78 is 1.24. The van der Waals surface area contributed by atoms with Gasteiger partial charge in [0.25, 0.3) is 0 Å². The van der Waals surface area contributed by atoms with Gasteiger partial charge in [-0.05, 0) is 71.8 Å². The van der Waals surface area contributed by atoms with Crippen molar-refractivity contribution in [3.8, 4) is 0 Å². The van der Waals surface area contributed by atoms with Crippen LogP contribution in [-0.4, -0.2) is 5.91 Å². The molecule has 0 spiro atoms. The average molecular weight is 408 g/mol. The van der Waals surface area contributed by atoms with E-state index in [-0.39, 0.29) is 18.0 Å². The van der Waals surface area contributed by atoms with E-state index in [1.54, 1.807) is 0 Å². The molecule has 0 fully saturated rings. The van der Waals surface area contributed by atoms with Gasteiger partial charge in [-0.1, -0.05) is 24.3 Å². The van der Waals surface area contributed by atoms with Gasteiger partial charge in [-0.25, -0.2) is 0 Å². The number of nitrogens with one attached hydrogen (secondary N) is 2. The van der Waals surface area contributed by atoms with Gasteiger partial charge in [0.15, 0.2) is 0 Å². The van der Waals surface area contributed by atoms with Gasteiger partial charge in [-0.3, -0.25) is 4.79 Å². The van der Waals surface area contributed by atoms with Crippen molar-refractivity contribution in [2.24, 2.45) is 0 Å². The lowest BCUT2D eigenvalue weighted by Gasteiger charge is -2.21. The quantitative estimate of drug-likeness (QED) is 0.707. The maximum absolute atomic E-state index is 11.2. The first-order valence-corrected chi connectivity index (χ1v) is 8.42. The molecule has 3 nitrogen and oxygen atoms in total. The molecule has 2 unspecified atom stereocenters. The largest absolute Gasteiger partial charge is 0.326 e. The molecular weight excluding hydrogens is 387 g/mol. The standard InChI is InChI=1S/C18H21IN2O/c1-12(15-7-9-17(19)10-8-15)20-13(2)16-5-4-6-18(11-16)21-14(3)22/h4-13,20H,1-3H3,(H,21,22). The first kappa shape index (κ1) is 17.0. The molecule has 0 aliphatic heterocycles. The Kier molecular flexibility index (Phi) is 5.97. The number of hydrogen-bond acceptors (Lipinski definition) is 2. The molecular formula is C18H21IN2O. The van der Waals surface area contributed by atoms with Crippen LogP contribution in [0.25, 0.3) is 0 Å². The second-order valence-electron chi connectivity index (χ2n) is 5.47. The molecule has 0 saturated heterocycles. The minimum Gasteiger partial charge on any atom is -0.326 e. The summed E-state index contributed by atoms with van der Waals surface area (Å²) in [6, 6.07) is 17.0. The van der Waals surface area contributed by atoms with Crippen molar-refractivity contribution in [3.63, 3.8) is 0 Å². The van der Waals surface area contributed by atoms with E-state index in [1.165, 1.54) is 16.1 Å². The number of amides is 1. The summed E-state index contributed by atoms with van der Waals surface area (Å²) in [4.78, 5) is 11.2. The van der Waals surface area contributed by atoms with E-state index in [0.29, 0.717) is 0 Å².